The molecule has 1 aliphatic rings. The molecule has 57 heavy (non-hydrogen) atoms. The smallest absolute Gasteiger partial charge is 0.309 e. The van der Waals surface area contributed by atoms with E-state index < -0.39 is 18.3 Å². The molecule has 5 aromatic rings. The molecule has 3 unspecified atom stereocenters. The summed E-state index contributed by atoms with van der Waals surface area (Å²) >= 11 is 0. The Morgan fingerprint density at radius 2 is 1.04 bits per heavy atom. The predicted molar refractivity (Wildman–Crippen MR) is 217 cm³/mol. The lowest BCUT2D eigenvalue weighted by Gasteiger charge is -2.30. The van der Waals surface area contributed by atoms with Crippen molar-refractivity contribution >= 4 is 17.9 Å². The zero-order valence-electron chi connectivity index (χ0n) is 33.6. The van der Waals surface area contributed by atoms with Crippen molar-refractivity contribution in [2.45, 2.75) is 92.0 Å². The van der Waals surface area contributed by atoms with Crippen LogP contribution < -0.4 is 0 Å². The van der Waals surface area contributed by atoms with Gasteiger partial charge in [0.2, 0.25) is 0 Å². The van der Waals surface area contributed by atoms with Gasteiger partial charge < -0.3 is 14.2 Å². The van der Waals surface area contributed by atoms with E-state index in [1.54, 1.807) is 52.1 Å². The van der Waals surface area contributed by atoms with Gasteiger partial charge in [-0.2, -0.15) is 0 Å². The van der Waals surface area contributed by atoms with Crippen molar-refractivity contribution in [1.82, 2.24) is 19.9 Å². The van der Waals surface area contributed by atoms with E-state index in [4.69, 9.17) is 29.2 Å². The van der Waals surface area contributed by atoms with Crippen LogP contribution in [0.4, 0.5) is 0 Å². The van der Waals surface area contributed by atoms with Gasteiger partial charge in [0.1, 0.15) is 6.10 Å². The number of hydrogen-bond acceptors (Lipinski definition) is 10. The lowest BCUT2D eigenvalue weighted by atomic mass is 9.83. The molecule has 1 saturated carbocycles. The van der Waals surface area contributed by atoms with E-state index in [9.17, 15) is 14.4 Å². The van der Waals surface area contributed by atoms with Crippen LogP contribution in [0.5, 0.6) is 0 Å². The van der Waals surface area contributed by atoms with Gasteiger partial charge in [-0.15, -0.1) is 0 Å². The van der Waals surface area contributed by atoms with Crippen molar-refractivity contribution < 1.29 is 28.6 Å². The molecule has 0 aliphatic heterocycles. The lowest BCUT2D eigenvalue weighted by molar-refractivity contribution is -0.157. The first-order valence-electron chi connectivity index (χ1n) is 20.0. The SMILES string of the molecule is CC(C)C(=O)OC(c1cccc(-c2cccc(C(OC(=O)C(C)C)C3CCCCC3)n2)c1)c1cccc(-c2cccc(C(OC(=O)C(C)C)c3ccccn3)n2)n1. The Balaban J connectivity index is 1.35. The van der Waals surface area contributed by atoms with Gasteiger partial charge in [0.25, 0.3) is 0 Å². The lowest BCUT2D eigenvalue weighted by Crippen LogP contribution is -2.25. The molecule has 10 heteroatoms. The average Bonchev–Trinajstić information content (AvgIpc) is 3.24. The summed E-state index contributed by atoms with van der Waals surface area (Å²) in [5, 5.41) is 0. The Kier molecular flexibility index (Phi) is 13.6. The molecule has 0 amide bonds. The molecule has 10 nitrogen and oxygen atoms in total. The summed E-state index contributed by atoms with van der Waals surface area (Å²) in [7, 11) is 0. The number of pyridine rings is 4. The van der Waals surface area contributed by atoms with Gasteiger partial charge in [0, 0.05) is 17.7 Å². The number of esters is 3. The molecular weight excluding hydrogens is 717 g/mol. The molecule has 1 fully saturated rings. The minimum absolute atomic E-state index is 0.208. The third kappa shape index (κ3) is 10.4. The van der Waals surface area contributed by atoms with Crippen LogP contribution in [0, 0.1) is 23.7 Å². The van der Waals surface area contributed by atoms with E-state index >= 15 is 0 Å². The van der Waals surface area contributed by atoms with Gasteiger partial charge >= 0.3 is 17.9 Å². The number of carbonyl (C=O) groups excluding carboxylic acids is 3. The number of nitrogens with zero attached hydrogens (tertiary/aromatic N) is 4. The third-order valence-corrected chi connectivity index (χ3v) is 10.0. The highest BCUT2D eigenvalue weighted by Gasteiger charge is 2.31. The zero-order chi connectivity index (χ0) is 40.5. The monoisotopic (exact) mass is 768 g/mol. The maximum atomic E-state index is 13.2. The van der Waals surface area contributed by atoms with Gasteiger partial charge in [0.05, 0.1) is 57.6 Å². The maximum Gasteiger partial charge on any atom is 0.309 e. The van der Waals surface area contributed by atoms with Crippen molar-refractivity contribution in [1.29, 1.82) is 0 Å². The van der Waals surface area contributed by atoms with Crippen molar-refractivity contribution in [2.75, 3.05) is 0 Å². The molecule has 0 N–H and O–H groups in total. The summed E-state index contributed by atoms with van der Waals surface area (Å²) in [4.78, 5) is 58.3. The van der Waals surface area contributed by atoms with Crippen LogP contribution in [-0.4, -0.2) is 37.8 Å². The Morgan fingerprint density at radius 3 is 1.63 bits per heavy atom. The van der Waals surface area contributed by atoms with E-state index in [1.807, 2.05) is 92.7 Å². The molecule has 0 bridgehead atoms. The fourth-order valence-corrected chi connectivity index (χ4v) is 6.82. The van der Waals surface area contributed by atoms with Crippen molar-refractivity contribution in [2.24, 2.45) is 23.7 Å². The van der Waals surface area contributed by atoms with Gasteiger partial charge in [-0.3, -0.25) is 19.4 Å². The van der Waals surface area contributed by atoms with E-state index in [0.29, 0.717) is 39.7 Å². The molecule has 0 spiro atoms. The highest BCUT2D eigenvalue weighted by atomic mass is 16.6. The highest BCUT2D eigenvalue weighted by molar-refractivity contribution is 5.73. The van der Waals surface area contributed by atoms with Crippen LogP contribution in [0.25, 0.3) is 22.6 Å². The normalized spacial score (nSPS) is 14.9. The summed E-state index contributed by atoms with van der Waals surface area (Å²) in [5.74, 6) is -1.71. The first-order valence-corrected chi connectivity index (χ1v) is 20.0. The fraction of sp³-hybridized carbons (Fsp3) is 0.383. The Labute approximate surface area is 335 Å². The molecule has 1 aromatic carbocycles. The van der Waals surface area contributed by atoms with Crippen LogP contribution >= 0.6 is 0 Å². The number of aromatic nitrogens is 4. The third-order valence-electron chi connectivity index (χ3n) is 10.0. The number of benzene rings is 1. The van der Waals surface area contributed by atoms with E-state index in [2.05, 4.69) is 4.98 Å². The summed E-state index contributed by atoms with van der Waals surface area (Å²) in [5.41, 5.74) is 5.64. The number of hydrogen-bond donors (Lipinski definition) is 0. The van der Waals surface area contributed by atoms with Crippen LogP contribution in [0.3, 0.4) is 0 Å². The average molecular weight is 769 g/mol. The van der Waals surface area contributed by atoms with Crippen LogP contribution in [0.1, 0.15) is 120 Å². The quantitative estimate of drug-likeness (QED) is 0.0795. The number of carbonyl (C=O) groups is 3. The Morgan fingerprint density at radius 1 is 0.526 bits per heavy atom. The summed E-state index contributed by atoms with van der Waals surface area (Å²) < 4.78 is 18.2. The fourth-order valence-electron chi connectivity index (χ4n) is 6.82. The van der Waals surface area contributed by atoms with Crippen molar-refractivity contribution in [3.8, 4) is 22.6 Å². The second kappa shape index (κ2) is 18.9. The first-order chi connectivity index (χ1) is 27.5. The topological polar surface area (TPSA) is 130 Å². The predicted octanol–water partition coefficient (Wildman–Crippen LogP) is 10.00. The molecule has 0 radical (unpaired) electrons. The minimum Gasteiger partial charge on any atom is -0.455 e. The summed E-state index contributed by atoms with van der Waals surface area (Å²) in [6.45, 7) is 10.9. The number of ether oxygens (including phenoxy) is 3. The minimum atomic E-state index is -0.846. The number of rotatable bonds is 14. The van der Waals surface area contributed by atoms with Crippen molar-refractivity contribution in [3.05, 3.63) is 132 Å². The summed E-state index contributed by atoms with van der Waals surface area (Å²) in [6, 6.07) is 30.0. The van der Waals surface area contributed by atoms with Gasteiger partial charge in [-0.05, 0) is 73.0 Å². The van der Waals surface area contributed by atoms with Gasteiger partial charge in [0.15, 0.2) is 12.2 Å². The molecule has 4 aromatic heterocycles. The molecule has 4 heterocycles. The zero-order valence-corrected chi connectivity index (χ0v) is 33.6. The molecule has 0 saturated heterocycles. The van der Waals surface area contributed by atoms with E-state index in [0.717, 1.165) is 36.9 Å². The first kappa shape index (κ1) is 40.9. The summed E-state index contributed by atoms with van der Waals surface area (Å²) in [6.07, 6.45) is 4.94. The standard InChI is InChI=1S/C47H52N4O6/c1-29(2)45(52)55-42(32-16-8-7-9-17-32)39-24-13-21-35(49-39)33-18-12-19-34(28-33)43(56-46(53)30(3)4)40-25-14-22-36(50-40)37-23-15-26-41(51-37)44(57-47(54)31(5)6)38-20-10-11-27-48-38/h10-15,18-32,42-44H,7-9,16-17H2,1-6H3. The highest BCUT2D eigenvalue weighted by Crippen LogP contribution is 2.38. The van der Waals surface area contributed by atoms with E-state index in [-0.39, 0.29) is 41.6 Å². The van der Waals surface area contributed by atoms with Crippen molar-refractivity contribution in [3.63, 3.8) is 0 Å². The van der Waals surface area contributed by atoms with Gasteiger partial charge in [-0.1, -0.05) is 103 Å². The Bertz CT molecular complexity index is 2150. The molecule has 1 aliphatic carbocycles. The molecular formula is C47H52N4O6. The van der Waals surface area contributed by atoms with Crippen LogP contribution in [0.15, 0.2) is 103 Å². The molecule has 3 atom stereocenters. The Hall–Kier alpha value is -5.77. The van der Waals surface area contributed by atoms with Crippen LogP contribution in [-0.2, 0) is 28.6 Å². The second-order valence-electron chi connectivity index (χ2n) is 15.6. The van der Waals surface area contributed by atoms with Gasteiger partial charge in [-0.25, -0.2) is 15.0 Å². The largest absolute Gasteiger partial charge is 0.455 e. The maximum absolute atomic E-state index is 13.2. The molecule has 296 valence electrons. The van der Waals surface area contributed by atoms with Crippen LogP contribution in [0.2, 0.25) is 0 Å². The molecule has 6 rings (SSSR count). The second-order valence-corrected chi connectivity index (χ2v) is 15.6. The van der Waals surface area contributed by atoms with E-state index in [1.165, 1.54) is 6.42 Å².